The molecular formula is C14H16N2O3. The molecule has 0 unspecified atom stereocenters. The van der Waals surface area contributed by atoms with Gasteiger partial charge in [0.05, 0.1) is 17.8 Å². The lowest BCUT2D eigenvalue weighted by molar-refractivity contribution is 0.0696. The molecule has 0 saturated carbocycles. The topological polar surface area (TPSA) is 75.4 Å². The zero-order valence-electron chi connectivity index (χ0n) is 10.7. The molecule has 2 N–H and O–H groups in total. The van der Waals surface area contributed by atoms with Gasteiger partial charge in [-0.2, -0.15) is 0 Å². The molecule has 0 aliphatic rings. The number of carbonyl (C=O) groups is 1. The monoisotopic (exact) mass is 260 g/mol. The van der Waals surface area contributed by atoms with Crippen molar-refractivity contribution >= 4 is 5.97 Å². The summed E-state index contributed by atoms with van der Waals surface area (Å²) < 4.78 is 5.16. The highest BCUT2D eigenvalue weighted by Crippen LogP contribution is 2.09. The van der Waals surface area contributed by atoms with Crippen molar-refractivity contribution in [3.05, 3.63) is 53.2 Å². The highest BCUT2D eigenvalue weighted by molar-refractivity contribution is 5.87. The standard InChI is InChI=1S/C14H16N2O3/c1-2-10-4-3-5-16-13(10)8-15-7-12-6-11(9-19-12)14(17)18/h3-6,9,15H,2,7-8H2,1H3,(H,17,18). The second-order valence-electron chi connectivity index (χ2n) is 4.17. The Kier molecular flexibility index (Phi) is 4.30. The Bertz CT molecular complexity index is 563. The molecule has 2 aromatic heterocycles. The summed E-state index contributed by atoms with van der Waals surface area (Å²) in [6.07, 6.45) is 3.96. The minimum Gasteiger partial charge on any atom is -0.478 e. The molecule has 0 aliphatic heterocycles. The highest BCUT2D eigenvalue weighted by Gasteiger charge is 2.08. The van der Waals surface area contributed by atoms with Crippen molar-refractivity contribution in [3.63, 3.8) is 0 Å². The summed E-state index contributed by atoms with van der Waals surface area (Å²) in [5.74, 6) is -0.376. The highest BCUT2D eigenvalue weighted by atomic mass is 16.4. The molecule has 0 aromatic carbocycles. The first kappa shape index (κ1) is 13.3. The van der Waals surface area contributed by atoms with E-state index in [1.807, 2.05) is 6.07 Å². The van der Waals surface area contributed by atoms with Crippen LogP contribution in [-0.4, -0.2) is 16.1 Å². The van der Waals surface area contributed by atoms with E-state index in [0.717, 1.165) is 12.1 Å². The van der Waals surface area contributed by atoms with Crippen molar-refractivity contribution in [2.75, 3.05) is 0 Å². The predicted octanol–water partition coefficient (Wildman–Crippen LogP) is 2.22. The third kappa shape index (κ3) is 3.42. The van der Waals surface area contributed by atoms with E-state index < -0.39 is 5.97 Å². The van der Waals surface area contributed by atoms with Crippen LogP contribution in [0.15, 0.2) is 35.1 Å². The number of carboxylic acids is 1. The fourth-order valence-electron chi connectivity index (χ4n) is 1.84. The third-order valence-corrected chi connectivity index (χ3v) is 2.86. The maximum atomic E-state index is 10.7. The summed E-state index contributed by atoms with van der Waals surface area (Å²) in [6.45, 7) is 3.20. The molecule has 5 nitrogen and oxygen atoms in total. The molecule has 0 aliphatic carbocycles. The lowest BCUT2D eigenvalue weighted by Gasteiger charge is -2.06. The van der Waals surface area contributed by atoms with E-state index in [4.69, 9.17) is 9.52 Å². The molecular weight excluding hydrogens is 244 g/mol. The second kappa shape index (κ2) is 6.15. The van der Waals surface area contributed by atoms with Gasteiger partial charge in [-0.25, -0.2) is 4.79 Å². The Balaban J connectivity index is 1.90. The number of aromatic carboxylic acids is 1. The predicted molar refractivity (Wildman–Crippen MR) is 69.8 cm³/mol. The van der Waals surface area contributed by atoms with E-state index in [9.17, 15) is 4.79 Å². The second-order valence-corrected chi connectivity index (χ2v) is 4.17. The molecule has 19 heavy (non-hydrogen) atoms. The van der Waals surface area contributed by atoms with Gasteiger partial charge in [0.25, 0.3) is 0 Å². The molecule has 0 spiro atoms. The number of aryl methyl sites for hydroxylation is 1. The molecule has 0 saturated heterocycles. The number of nitrogens with zero attached hydrogens (tertiary/aromatic N) is 1. The fourth-order valence-corrected chi connectivity index (χ4v) is 1.84. The van der Waals surface area contributed by atoms with Crippen molar-refractivity contribution < 1.29 is 14.3 Å². The first-order valence-electron chi connectivity index (χ1n) is 6.15. The molecule has 0 radical (unpaired) electrons. The molecule has 2 heterocycles. The van der Waals surface area contributed by atoms with Crippen molar-refractivity contribution in [1.29, 1.82) is 0 Å². The number of furan rings is 1. The summed E-state index contributed by atoms with van der Waals surface area (Å²) >= 11 is 0. The Morgan fingerprint density at radius 3 is 3.00 bits per heavy atom. The molecule has 0 bridgehead atoms. The Morgan fingerprint density at radius 2 is 2.32 bits per heavy atom. The van der Waals surface area contributed by atoms with Gasteiger partial charge in [0.15, 0.2) is 0 Å². The minimum atomic E-state index is -0.979. The zero-order chi connectivity index (χ0) is 13.7. The van der Waals surface area contributed by atoms with Crippen LogP contribution < -0.4 is 5.32 Å². The lowest BCUT2D eigenvalue weighted by Crippen LogP contribution is -2.14. The first-order chi connectivity index (χ1) is 9.20. The van der Waals surface area contributed by atoms with Gasteiger partial charge >= 0.3 is 5.97 Å². The molecule has 0 amide bonds. The van der Waals surface area contributed by atoms with Crippen LogP contribution in [-0.2, 0) is 19.5 Å². The maximum Gasteiger partial charge on any atom is 0.338 e. The van der Waals surface area contributed by atoms with Crippen LogP contribution in [0.2, 0.25) is 0 Å². The van der Waals surface area contributed by atoms with E-state index >= 15 is 0 Å². The molecule has 2 rings (SSSR count). The van der Waals surface area contributed by atoms with Gasteiger partial charge in [0, 0.05) is 12.7 Å². The Morgan fingerprint density at radius 1 is 1.47 bits per heavy atom. The van der Waals surface area contributed by atoms with Crippen molar-refractivity contribution in [2.45, 2.75) is 26.4 Å². The normalized spacial score (nSPS) is 10.6. The number of carboxylic acid groups (broad SMARTS) is 1. The number of aromatic nitrogens is 1. The van der Waals surface area contributed by atoms with Crippen molar-refractivity contribution in [2.24, 2.45) is 0 Å². The average Bonchev–Trinajstić information content (AvgIpc) is 2.88. The smallest absolute Gasteiger partial charge is 0.338 e. The molecule has 0 fully saturated rings. The largest absolute Gasteiger partial charge is 0.478 e. The summed E-state index contributed by atoms with van der Waals surface area (Å²) in [5, 5.41) is 12.0. The van der Waals surface area contributed by atoms with Crippen LogP contribution in [0.1, 0.15) is 34.3 Å². The number of hydrogen-bond donors (Lipinski definition) is 2. The molecule has 0 atom stereocenters. The molecule has 5 heteroatoms. The van der Waals surface area contributed by atoms with E-state index in [1.54, 1.807) is 6.20 Å². The van der Waals surface area contributed by atoms with E-state index in [-0.39, 0.29) is 5.56 Å². The van der Waals surface area contributed by atoms with Crippen LogP contribution in [0.25, 0.3) is 0 Å². The quantitative estimate of drug-likeness (QED) is 0.833. The van der Waals surface area contributed by atoms with E-state index in [2.05, 4.69) is 23.3 Å². The molecule has 2 aromatic rings. The maximum absolute atomic E-state index is 10.7. The fraction of sp³-hybridized carbons (Fsp3) is 0.286. The van der Waals surface area contributed by atoms with Crippen LogP contribution in [0.5, 0.6) is 0 Å². The SMILES string of the molecule is CCc1cccnc1CNCc1cc(C(=O)O)co1. The summed E-state index contributed by atoms with van der Waals surface area (Å²) in [6, 6.07) is 5.50. The van der Waals surface area contributed by atoms with Gasteiger partial charge in [0.1, 0.15) is 12.0 Å². The van der Waals surface area contributed by atoms with Crippen LogP contribution >= 0.6 is 0 Å². The molecule has 100 valence electrons. The zero-order valence-corrected chi connectivity index (χ0v) is 10.7. The van der Waals surface area contributed by atoms with E-state index in [0.29, 0.717) is 18.8 Å². The van der Waals surface area contributed by atoms with Gasteiger partial charge < -0.3 is 14.8 Å². The van der Waals surface area contributed by atoms with Gasteiger partial charge in [-0.3, -0.25) is 4.98 Å². The van der Waals surface area contributed by atoms with E-state index in [1.165, 1.54) is 17.9 Å². The van der Waals surface area contributed by atoms with Crippen LogP contribution in [0, 0.1) is 0 Å². The van der Waals surface area contributed by atoms with Crippen molar-refractivity contribution in [1.82, 2.24) is 10.3 Å². The van der Waals surface area contributed by atoms with Crippen LogP contribution in [0.4, 0.5) is 0 Å². The number of nitrogens with one attached hydrogen (secondary N) is 1. The summed E-state index contributed by atoms with van der Waals surface area (Å²) in [7, 11) is 0. The number of hydrogen-bond acceptors (Lipinski definition) is 4. The van der Waals surface area contributed by atoms with Crippen LogP contribution in [0.3, 0.4) is 0 Å². The lowest BCUT2D eigenvalue weighted by atomic mass is 10.1. The Labute approximate surface area is 111 Å². The third-order valence-electron chi connectivity index (χ3n) is 2.86. The van der Waals surface area contributed by atoms with Crippen molar-refractivity contribution in [3.8, 4) is 0 Å². The van der Waals surface area contributed by atoms with Gasteiger partial charge in [-0.15, -0.1) is 0 Å². The summed E-state index contributed by atoms with van der Waals surface area (Å²) in [4.78, 5) is 15.0. The Hall–Kier alpha value is -2.14. The number of rotatable bonds is 6. The first-order valence-corrected chi connectivity index (χ1v) is 6.15. The number of pyridine rings is 1. The van der Waals surface area contributed by atoms with Gasteiger partial charge in [-0.1, -0.05) is 13.0 Å². The van der Waals surface area contributed by atoms with Gasteiger partial charge in [0.2, 0.25) is 0 Å². The van der Waals surface area contributed by atoms with Gasteiger partial charge in [-0.05, 0) is 24.1 Å². The summed E-state index contributed by atoms with van der Waals surface area (Å²) in [5.41, 5.74) is 2.39. The average molecular weight is 260 g/mol. The minimum absolute atomic E-state index is 0.170.